The number of nitrogens with zero attached hydrogens (tertiary/aromatic N) is 2. The molecule has 0 aliphatic heterocycles. The lowest BCUT2D eigenvalue weighted by Crippen LogP contribution is -2.01. The molecule has 0 spiro atoms. The molecule has 3 nitrogen and oxygen atoms in total. The Morgan fingerprint density at radius 2 is 1.84 bits per heavy atom. The predicted octanol–water partition coefficient (Wildman–Crippen LogP) is 3.76. The highest BCUT2D eigenvalue weighted by atomic mass is 32.2. The Hall–Kier alpha value is -1.55. The van der Waals surface area contributed by atoms with E-state index in [1.807, 2.05) is 30.3 Å². The topological polar surface area (TPSA) is 51.8 Å². The van der Waals surface area contributed by atoms with Crippen LogP contribution >= 0.6 is 11.8 Å². The molecule has 1 aromatic carbocycles. The molecule has 1 aliphatic carbocycles. The van der Waals surface area contributed by atoms with E-state index in [-0.39, 0.29) is 0 Å². The monoisotopic (exact) mass is 271 g/mol. The van der Waals surface area contributed by atoms with Crippen molar-refractivity contribution in [1.82, 2.24) is 9.97 Å². The summed E-state index contributed by atoms with van der Waals surface area (Å²) >= 11 is 1.79. The Kier molecular flexibility index (Phi) is 3.69. The van der Waals surface area contributed by atoms with Crippen LogP contribution in [-0.4, -0.2) is 15.2 Å². The molecule has 3 rings (SSSR count). The molecule has 2 aromatic rings. The largest absolute Gasteiger partial charge is 0.381 e. The summed E-state index contributed by atoms with van der Waals surface area (Å²) < 4.78 is 0. The summed E-state index contributed by atoms with van der Waals surface area (Å²) in [6.07, 6.45) is 6.93. The van der Waals surface area contributed by atoms with Crippen molar-refractivity contribution in [3.8, 4) is 11.3 Å². The maximum Gasteiger partial charge on any atom is 0.156 e. The molecule has 1 saturated carbocycles. The number of hydrogen-bond acceptors (Lipinski definition) is 4. The third kappa shape index (κ3) is 2.89. The fourth-order valence-electron chi connectivity index (χ4n) is 2.38. The van der Waals surface area contributed by atoms with E-state index in [9.17, 15) is 0 Å². The number of hydrogen-bond donors (Lipinski definition) is 1. The van der Waals surface area contributed by atoms with Crippen molar-refractivity contribution in [3.05, 3.63) is 36.5 Å². The third-order valence-electron chi connectivity index (χ3n) is 3.42. The van der Waals surface area contributed by atoms with Crippen molar-refractivity contribution < 1.29 is 0 Å². The molecule has 1 fully saturated rings. The van der Waals surface area contributed by atoms with Gasteiger partial charge in [0.15, 0.2) is 5.82 Å². The van der Waals surface area contributed by atoms with Crippen LogP contribution in [0.1, 0.15) is 25.7 Å². The zero-order valence-electron chi connectivity index (χ0n) is 10.7. The third-order valence-corrected chi connectivity index (χ3v) is 4.75. The van der Waals surface area contributed by atoms with Gasteiger partial charge in [-0.2, -0.15) is 0 Å². The molecule has 0 amide bonds. The van der Waals surface area contributed by atoms with Gasteiger partial charge in [0.2, 0.25) is 0 Å². The summed E-state index contributed by atoms with van der Waals surface area (Å²) in [6, 6.07) is 10.1. The van der Waals surface area contributed by atoms with Crippen molar-refractivity contribution in [3.63, 3.8) is 0 Å². The maximum absolute atomic E-state index is 5.95. The molecule has 0 atom stereocenters. The molecule has 98 valence electrons. The van der Waals surface area contributed by atoms with Gasteiger partial charge in [0, 0.05) is 10.8 Å². The number of nitrogen functional groups attached to an aromatic ring is 1. The number of rotatable bonds is 3. The fraction of sp³-hybridized carbons (Fsp3) is 0.333. The summed E-state index contributed by atoms with van der Waals surface area (Å²) in [5, 5.41) is 1.54. The Morgan fingerprint density at radius 3 is 2.58 bits per heavy atom. The van der Waals surface area contributed by atoms with Gasteiger partial charge >= 0.3 is 0 Å². The second-order valence-electron chi connectivity index (χ2n) is 4.84. The zero-order chi connectivity index (χ0) is 13.1. The minimum Gasteiger partial charge on any atom is -0.381 e. The van der Waals surface area contributed by atoms with Gasteiger partial charge in [0.1, 0.15) is 5.03 Å². The van der Waals surface area contributed by atoms with E-state index in [1.165, 1.54) is 25.7 Å². The van der Waals surface area contributed by atoms with Gasteiger partial charge in [0.25, 0.3) is 0 Å². The van der Waals surface area contributed by atoms with Crippen LogP contribution in [0.2, 0.25) is 0 Å². The van der Waals surface area contributed by atoms with E-state index in [2.05, 4.69) is 9.97 Å². The van der Waals surface area contributed by atoms with Crippen LogP contribution in [0.3, 0.4) is 0 Å². The molecule has 0 unspecified atom stereocenters. The van der Waals surface area contributed by atoms with Gasteiger partial charge < -0.3 is 5.73 Å². The van der Waals surface area contributed by atoms with Gasteiger partial charge in [0.05, 0.1) is 11.9 Å². The first-order valence-corrected chi connectivity index (χ1v) is 7.55. The maximum atomic E-state index is 5.95. The van der Waals surface area contributed by atoms with Crippen LogP contribution < -0.4 is 5.73 Å². The van der Waals surface area contributed by atoms with Crippen molar-refractivity contribution >= 4 is 17.6 Å². The first-order chi connectivity index (χ1) is 9.33. The predicted molar refractivity (Wildman–Crippen MR) is 80.0 cm³/mol. The fourth-order valence-corrected chi connectivity index (χ4v) is 3.59. The minimum absolute atomic E-state index is 0.552. The number of nitrogens with two attached hydrogens (primary N) is 1. The molecule has 19 heavy (non-hydrogen) atoms. The summed E-state index contributed by atoms with van der Waals surface area (Å²) in [4.78, 5) is 8.97. The number of anilines is 1. The standard InChI is InChI=1S/C15H17N3S/c16-14-15(19-12-8-4-5-9-12)18-13(10-17-14)11-6-2-1-3-7-11/h1-3,6-7,10,12H,4-5,8-9H2,(H2,16,17). The smallest absolute Gasteiger partial charge is 0.156 e. The molecule has 0 bridgehead atoms. The molecular formula is C15H17N3S. The molecular weight excluding hydrogens is 254 g/mol. The van der Waals surface area contributed by atoms with E-state index in [4.69, 9.17) is 5.73 Å². The highest BCUT2D eigenvalue weighted by molar-refractivity contribution is 8.00. The van der Waals surface area contributed by atoms with Crippen molar-refractivity contribution in [2.24, 2.45) is 0 Å². The van der Waals surface area contributed by atoms with Crippen LogP contribution in [0.5, 0.6) is 0 Å². The molecule has 4 heteroatoms. The van der Waals surface area contributed by atoms with Gasteiger partial charge in [-0.1, -0.05) is 54.9 Å². The normalized spacial score (nSPS) is 15.8. The lowest BCUT2D eigenvalue weighted by atomic mass is 10.2. The Bertz CT molecular complexity index is 551. The lowest BCUT2D eigenvalue weighted by Gasteiger charge is -2.10. The van der Waals surface area contributed by atoms with Crippen LogP contribution in [0.15, 0.2) is 41.6 Å². The highest BCUT2D eigenvalue weighted by Gasteiger charge is 2.19. The Labute approximate surface area is 117 Å². The summed E-state index contributed by atoms with van der Waals surface area (Å²) in [5.41, 5.74) is 7.94. The van der Waals surface area contributed by atoms with E-state index in [0.717, 1.165) is 16.3 Å². The van der Waals surface area contributed by atoms with Crippen LogP contribution in [0.4, 0.5) is 5.82 Å². The Balaban J connectivity index is 1.87. The van der Waals surface area contributed by atoms with Crippen molar-refractivity contribution in [2.45, 2.75) is 36.0 Å². The SMILES string of the molecule is Nc1ncc(-c2ccccc2)nc1SC1CCCC1. The molecule has 0 saturated heterocycles. The summed E-state index contributed by atoms with van der Waals surface area (Å²) in [5.74, 6) is 0.552. The second kappa shape index (κ2) is 5.61. The quantitative estimate of drug-likeness (QED) is 0.923. The first kappa shape index (κ1) is 12.5. The van der Waals surface area contributed by atoms with E-state index in [1.54, 1.807) is 18.0 Å². The van der Waals surface area contributed by atoms with Gasteiger partial charge in [-0.3, -0.25) is 0 Å². The van der Waals surface area contributed by atoms with E-state index < -0.39 is 0 Å². The van der Waals surface area contributed by atoms with Crippen LogP contribution in [-0.2, 0) is 0 Å². The zero-order valence-corrected chi connectivity index (χ0v) is 11.6. The molecule has 0 radical (unpaired) electrons. The summed E-state index contributed by atoms with van der Waals surface area (Å²) in [6.45, 7) is 0. The highest BCUT2D eigenvalue weighted by Crippen LogP contribution is 2.36. The summed E-state index contributed by atoms with van der Waals surface area (Å²) in [7, 11) is 0. The lowest BCUT2D eigenvalue weighted by molar-refractivity contribution is 0.886. The van der Waals surface area contributed by atoms with Gasteiger partial charge in [-0.15, -0.1) is 0 Å². The van der Waals surface area contributed by atoms with Gasteiger partial charge in [-0.25, -0.2) is 9.97 Å². The number of benzene rings is 1. The second-order valence-corrected chi connectivity index (χ2v) is 6.13. The number of thioether (sulfide) groups is 1. The molecule has 2 N–H and O–H groups in total. The van der Waals surface area contributed by atoms with Crippen LogP contribution in [0, 0.1) is 0 Å². The van der Waals surface area contributed by atoms with Crippen molar-refractivity contribution in [2.75, 3.05) is 5.73 Å². The van der Waals surface area contributed by atoms with E-state index >= 15 is 0 Å². The minimum atomic E-state index is 0.552. The number of aromatic nitrogens is 2. The van der Waals surface area contributed by atoms with Crippen molar-refractivity contribution in [1.29, 1.82) is 0 Å². The first-order valence-electron chi connectivity index (χ1n) is 6.67. The van der Waals surface area contributed by atoms with Crippen LogP contribution in [0.25, 0.3) is 11.3 Å². The molecule has 1 aromatic heterocycles. The molecule has 1 aliphatic rings. The van der Waals surface area contributed by atoms with E-state index in [0.29, 0.717) is 11.1 Å². The van der Waals surface area contributed by atoms with Gasteiger partial charge in [-0.05, 0) is 12.8 Å². The Morgan fingerprint density at radius 1 is 1.11 bits per heavy atom. The molecule has 1 heterocycles. The average molecular weight is 271 g/mol. The average Bonchev–Trinajstić information content (AvgIpc) is 2.95.